The minimum atomic E-state index is -0.339. The third-order valence-electron chi connectivity index (χ3n) is 2.72. The first-order chi connectivity index (χ1) is 9.00. The Balaban J connectivity index is 2.34. The third kappa shape index (κ3) is 2.83. The van der Waals surface area contributed by atoms with Crippen LogP contribution in [0.2, 0.25) is 10.0 Å². The molecule has 3 N–H and O–H groups in total. The molecule has 0 unspecified atom stereocenters. The molecule has 0 aromatic heterocycles. The second kappa shape index (κ2) is 5.51. The van der Waals surface area contributed by atoms with Gasteiger partial charge in [0.25, 0.3) is 5.91 Å². The summed E-state index contributed by atoms with van der Waals surface area (Å²) in [5, 5.41) is 3.49. The van der Waals surface area contributed by atoms with Crippen LogP contribution >= 0.6 is 23.2 Å². The van der Waals surface area contributed by atoms with E-state index in [1.807, 2.05) is 13.0 Å². The number of carbonyl (C=O) groups excluding carboxylic acids is 1. The Labute approximate surface area is 121 Å². The van der Waals surface area contributed by atoms with Gasteiger partial charge in [0.2, 0.25) is 0 Å². The van der Waals surface area contributed by atoms with Crippen LogP contribution in [0.1, 0.15) is 15.9 Å². The molecule has 0 spiro atoms. The lowest BCUT2D eigenvalue weighted by atomic mass is 10.1. The molecule has 0 saturated carbocycles. The van der Waals surface area contributed by atoms with Crippen molar-refractivity contribution < 1.29 is 4.79 Å². The van der Waals surface area contributed by atoms with Crippen molar-refractivity contribution in [1.29, 1.82) is 0 Å². The van der Waals surface area contributed by atoms with E-state index >= 15 is 0 Å². The molecule has 2 aromatic carbocycles. The zero-order chi connectivity index (χ0) is 14.0. The number of amides is 1. The SMILES string of the molecule is Cc1cccc(C(=O)Nc2c(N)cccc2Cl)c1Cl. The number of hydrogen-bond donors (Lipinski definition) is 2. The lowest BCUT2D eigenvalue weighted by Crippen LogP contribution is -2.14. The standard InChI is InChI=1S/C14H12Cl2N2O/c1-8-4-2-5-9(12(8)16)14(19)18-13-10(15)6-3-7-11(13)17/h2-7H,17H2,1H3,(H,18,19). The van der Waals surface area contributed by atoms with Gasteiger partial charge in [-0.1, -0.05) is 41.4 Å². The van der Waals surface area contributed by atoms with Gasteiger partial charge in [0, 0.05) is 0 Å². The van der Waals surface area contributed by atoms with Crippen LogP contribution in [0.3, 0.4) is 0 Å². The van der Waals surface area contributed by atoms with Crippen LogP contribution in [0.25, 0.3) is 0 Å². The number of anilines is 2. The Hall–Kier alpha value is -1.71. The van der Waals surface area contributed by atoms with Crippen molar-refractivity contribution in [2.24, 2.45) is 0 Å². The summed E-state index contributed by atoms with van der Waals surface area (Å²) in [6.45, 7) is 1.84. The van der Waals surface area contributed by atoms with E-state index in [0.717, 1.165) is 5.56 Å². The highest BCUT2D eigenvalue weighted by atomic mass is 35.5. The van der Waals surface area contributed by atoms with E-state index in [4.69, 9.17) is 28.9 Å². The highest BCUT2D eigenvalue weighted by Crippen LogP contribution is 2.29. The molecule has 1 amide bonds. The zero-order valence-corrected chi connectivity index (χ0v) is 11.7. The number of para-hydroxylation sites is 1. The van der Waals surface area contributed by atoms with E-state index in [9.17, 15) is 4.79 Å². The molecule has 2 aromatic rings. The van der Waals surface area contributed by atoms with Crippen LogP contribution in [0, 0.1) is 6.92 Å². The summed E-state index contributed by atoms with van der Waals surface area (Å²) in [7, 11) is 0. The summed E-state index contributed by atoms with van der Waals surface area (Å²) in [6, 6.07) is 10.3. The molecular formula is C14H12Cl2N2O. The fraction of sp³-hybridized carbons (Fsp3) is 0.0714. The molecule has 98 valence electrons. The number of benzene rings is 2. The monoisotopic (exact) mass is 294 g/mol. The number of hydrogen-bond acceptors (Lipinski definition) is 2. The lowest BCUT2D eigenvalue weighted by molar-refractivity contribution is 0.102. The van der Waals surface area contributed by atoms with Crippen LogP contribution in [0.4, 0.5) is 11.4 Å². The van der Waals surface area contributed by atoms with Gasteiger partial charge in [-0.05, 0) is 30.7 Å². The normalized spacial score (nSPS) is 10.3. The molecule has 0 aliphatic carbocycles. The van der Waals surface area contributed by atoms with E-state index in [1.165, 1.54) is 0 Å². The van der Waals surface area contributed by atoms with E-state index in [0.29, 0.717) is 27.0 Å². The van der Waals surface area contributed by atoms with Crippen molar-refractivity contribution in [1.82, 2.24) is 0 Å². The number of nitrogens with two attached hydrogens (primary N) is 1. The number of aryl methyl sites for hydroxylation is 1. The molecule has 19 heavy (non-hydrogen) atoms. The Bertz CT molecular complexity index is 621. The predicted molar refractivity (Wildman–Crippen MR) is 80.0 cm³/mol. The van der Waals surface area contributed by atoms with Crippen LogP contribution in [-0.2, 0) is 0 Å². The van der Waals surface area contributed by atoms with Crippen LogP contribution < -0.4 is 11.1 Å². The summed E-state index contributed by atoms with van der Waals surface area (Å²) in [5.74, 6) is -0.339. The molecule has 0 fully saturated rings. The quantitative estimate of drug-likeness (QED) is 0.818. The van der Waals surface area contributed by atoms with Crippen molar-refractivity contribution in [3.63, 3.8) is 0 Å². The Morgan fingerprint density at radius 2 is 1.84 bits per heavy atom. The van der Waals surface area contributed by atoms with Gasteiger partial charge in [-0.3, -0.25) is 4.79 Å². The smallest absolute Gasteiger partial charge is 0.257 e. The van der Waals surface area contributed by atoms with Gasteiger partial charge in [-0.25, -0.2) is 0 Å². The minimum Gasteiger partial charge on any atom is -0.397 e. The van der Waals surface area contributed by atoms with Gasteiger partial charge >= 0.3 is 0 Å². The van der Waals surface area contributed by atoms with E-state index < -0.39 is 0 Å². The molecule has 0 radical (unpaired) electrons. The molecule has 0 heterocycles. The average Bonchev–Trinajstić information content (AvgIpc) is 2.37. The van der Waals surface area contributed by atoms with Crippen LogP contribution in [0.15, 0.2) is 36.4 Å². The number of carbonyl (C=O) groups is 1. The van der Waals surface area contributed by atoms with E-state index in [1.54, 1.807) is 30.3 Å². The molecule has 0 saturated heterocycles. The predicted octanol–water partition coefficient (Wildman–Crippen LogP) is 4.14. The summed E-state index contributed by atoms with van der Waals surface area (Å²) >= 11 is 12.1. The van der Waals surface area contributed by atoms with Crippen molar-refractivity contribution in [2.75, 3.05) is 11.1 Å². The Morgan fingerprint density at radius 1 is 1.16 bits per heavy atom. The molecule has 0 aliphatic rings. The van der Waals surface area contributed by atoms with Gasteiger partial charge in [-0.2, -0.15) is 0 Å². The first-order valence-corrected chi connectivity index (χ1v) is 6.36. The first-order valence-electron chi connectivity index (χ1n) is 5.61. The maximum absolute atomic E-state index is 12.2. The number of nitrogen functional groups attached to an aromatic ring is 1. The van der Waals surface area contributed by atoms with Crippen molar-refractivity contribution in [3.05, 3.63) is 57.6 Å². The van der Waals surface area contributed by atoms with Gasteiger partial charge in [0.05, 0.1) is 27.0 Å². The zero-order valence-electron chi connectivity index (χ0n) is 10.2. The molecule has 2 rings (SSSR count). The van der Waals surface area contributed by atoms with Gasteiger partial charge in [-0.15, -0.1) is 0 Å². The van der Waals surface area contributed by atoms with Crippen molar-refractivity contribution in [3.8, 4) is 0 Å². The molecular weight excluding hydrogens is 283 g/mol. The Kier molecular flexibility index (Phi) is 3.98. The van der Waals surface area contributed by atoms with Gasteiger partial charge < -0.3 is 11.1 Å². The molecule has 3 nitrogen and oxygen atoms in total. The second-order valence-corrected chi connectivity index (χ2v) is 4.88. The largest absolute Gasteiger partial charge is 0.397 e. The maximum atomic E-state index is 12.2. The maximum Gasteiger partial charge on any atom is 0.257 e. The minimum absolute atomic E-state index is 0.339. The van der Waals surface area contributed by atoms with Gasteiger partial charge in [0.1, 0.15) is 0 Å². The first kappa shape index (κ1) is 13.7. The molecule has 0 bridgehead atoms. The van der Waals surface area contributed by atoms with Crippen molar-refractivity contribution >= 4 is 40.5 Å². The van der Waals surface area contributed by atoms with E-state index in [-0.39, 0.29) is 5.91 Å². The fourth-order valence-electron chi connectivity index (χ4n) is 1.68. The van der Waals surface area contributed by atoms with Gasteiger partial charge in [0.15, 0.2) is 0 Å². The number of halogens is 2. The molecule has 0 aliphatic heterocycles. The number of rotatable bonds is 2. The van der Waals surface area contributed by atoms with E-state index in [2.05, 4.69) is 5.32 Å². The summed E-state index contributed by atoms with van der Waals surface area (Å²) < 4.78 is 0. The fourth-order valence-corrected chi connectivity index (χ4v) is 2.12. The van der Waals surface area contributed by atoms with Crippen LogP contribution in [-0.4, -0.2) is 5.91 Å². The summed E-state index contributed by atoms with van der Waals surface area (Å²) in [6.07, 6.45) is 0. The summed E-state index contributed by atoms with van der Waals surface area (Å²) in [5.41, 5.74) is 7.81. The lowest BCUT2D eigenvalue weighted by Gasteiger charge is -2.11. The van der Waals surface area contributed by atoms with Crippen molar-refractivity contribution in [2.45, 2.75) is 6.92 Å². The average molecular weight is 295 g/mol. The second-order valence-electron chi connectivity index (χ2n) is 4.09. The highest BCUT2D eigenvalue weighted by Gasteiger charge is 2.14. The highest BCUT2D eigenvalue weighted by molar-refractivity contribution is 6.36. The van der Waals surface area contributed by atoms with Crippen LogP contribution in [0.5, 0.6) is 0 Å². The molecule has 0 atom stereocenters. The Morgan fingerprint density at radius 3 is 2.53 bits per heavy atom. The summed E-state index contributed by atoms with van der Waals surface area (Å²) in [4.78, 5) is 12.2. The number of nitrogens with one attached hydrogen (secondary N) is 1. The topological polar surface area (TPSA) is 55.1 Å². The third-order valence-corrected chi connectivity index (χ3v) is 3.54. The molecule has 5 heteroatoms.